The molecule has 0 aliphatic rings. The van der Waals surface area contributed by atoms with E-state index in [9.17, 15) is 5.11 Å². The number of aromatic nitrogens is 2. The number of aliphatic hydroxyl groups is 1. The quantitative estimate of drug-likeness (QED) is 0.615. The highest BCUT2D eigenvalue weighted by Gasteiger charge is 2.22. The van der Waals surface area contributed by atoms with E-state index < -0.39 is 0 Å². The predicted octanol–water partition coefficient (Wildman–Crippen LogP) is 2.41. The van der Waals surface area contributed by atoms with E-state index in [0.29, 0.717) is 18.9 Å². The highest BCUT2D eigenvalue weighted by molar-refractivity contribution is 5.49. The van der Waals surface area contributed by atoms with Gasteiger partial charge in [-0.3, -0.25) is 0 Å². The van der Waals surface area contributed by atoms with E-state index in [-0.39, 0.29) is 12.1 Å². The van der Waals surface area contributed by atoms with Gasteiger partial charge in [0.2, 0.25) is 0 Å². The number of ether oxygens (including phenoxy) is 1. The van der Waals surface area contributed by atoms with Crippen LogP contribution in [0.15, 0.2) is 6.07 Å². The molecule has 120 valence electrons. The number of hydrogen-bond acceptors (Lipinski definition) is 6. The van der Waals surface area contributed by atoms with Crippen LogP contribution in [-0.2, 0) is 11.3 Å². The molecule has 1 aromatic rings. The van der Waals surface area contributed by atoms with Crippen molar-refractivity contribution in [3.8, 4) is 0 Å². The summed E-state index contributed by atoms with van der Waals surface area (Å²) in [6, 6.07) is 1.90. The van der Waals surface area contributed by atoms with Gasteiger partial charge in [-0.2, -0.15) is 0 Å². The van der Waals surface area contributed by atoms with Crippen LogP contribution in [0.2, 0.25) is 0 Å². The first-order valence-corrected chi connectivity index (χ1v) is 7.56. The van der Waals surface area contributed by atoms with Crippen molar-refractivity contribution in [2.24, 2.45) is 0 Å². The number of methoxy groups -OCH3 is 1. The van der Waals surface area contributed by atoms with Crippen LogP contribution in [-0.4, -0.2) is 40.9 Å². The molecule has 6 nitrogen and oxygen atoms in total. The van der Waals surface area contributed by atoms with Crippen LogP contribution in [0.25, 0.3) is 0 Å². The fourth-order valence-electron chi connectivity index (χ4n) is 1.98. The molecule has 0 bridgehead atoms. The van der Waals surface area contributed by atoms with Crippen molar-refractivity contribution in [3.63, 3.8) is 0 Å². The third kappa shape index (κ3) is 5.85. The molecule has 0 aliphatic heterocycles. The number of nitrogens with one attached hydrogen (secondary N) is 2. The molecule has 0 amide bonds. The Labute approximate surface area is 127 Å². The zero-order valence-corrected chi connectivity index (χ0v) is 13.6. The summed E-state index contributed by atoms with van der Waals surface area (Å²) in [5.74, 6) is 2.20. The second-order valence-corrected chi connectivity index (χ2v) is 5.43. The van der Waals surface area contributed by atoms with Gasteiger partial charge in [-0.25, -0.2) is 9.97 Å². The summed E-state index contributed by atoms with van der Waals surface area (Å²) in [6.07, 6.45) is 2.60. The summed E-state index contributed by atoms with van der Waals surface area (Å²) < 4.78 is 5.13. The molecule has 6 heteroatoms. The normalized spacial score (nSPS) is 13.8. The Bertz CT molecular complexity index is 428. The van der Waals surface area contributed by atoms with Crippen molar-refractivity contribution >= 4 is 11.6 Å². The van der Waals surface area contributed by atoms with Crippen LogP contribution >= 0.6 is 0 Å². The molecule has 0 aromatic carbocycles. The van der Waals surface area contributed by atoms with Crippen LogP contribution < -0.4 is 10.6 Å². The molecule has 21 heavy (non-hydrogen) atoms. The van der Waals surface area contributed by atoms with Gasteiger partial charge in [0.25, 0.3) is 0 Å². The molecular formula is C15H28N4O2. The standard InChI is InChI=1S/C15H28N4O2/c1-5-8-16-12-10-13(18-14(17-12)11-21-4)19-15(3,6-2)7-9-20/h10,20H,5-9,11H2,1-4H3,(H2,16,17,18,19). The number of anilines is 2. The maximum Gasteiger partial charge on any atom is 0.158 e. The summed E-state index contributed by atoms with van der Waals surface area (Å²) in [5.41, 5.74) is -0.185. The number of rotatable bonds is 10. The lowest BCUT2D eigenvalue weighted by atomic mass is 9.95. The Kier molecular flexibility index (Phi) is 7.39. The number of nitrogens with zero attached hydrogens (tertiary/aromatic N) is 2. The van der Waals surface area contributed by atoms with E-state index >= 15 is 0 Å². The molecular weight excluding hydrogens is 268 g/mol. The molecule has 1 rings (SSSR count). The van der Waals surface area contributed by atoms with E-state index in [1.54, 1.807) is 7.11 Å². The van der Waals surface area contributed by atoms with E-state index in [2.05, 4.69) is 41.4 Å². The first kappa shape index (κ1) is 17.7. The van der Waals surface area contributed by atoms with Crippen molar-refractivity contribution in [3.05, 3.63) is 11.9 Å². The molecule has 1 aromatic heterocycles. The minimum Gasteiger partial charge on any atom is -0.396 e. The molecule has 1 atom stereocenters. The third-order valence-corrected chi connectivity index (χ3v) is 3.48. The van der Waals surface area contributed by atoms with E-state index in [1.165, 1.54) is 0 Å². The van der Waals surface area contributed by atoms with Gasteiger partial charge < -0.3 is 20.5 Å². The average molecular weight is 296 g/mol. The first-order valence-electron chi connectivity index (χ1n) is 7.56. The Morgan fingerprint density at radius 2 is 2.00 bits per heavy atom. The van der Waals surface area contributed by atoms with E-state index in [0.717, 1.165) is 31.0 Å². The van der Waals surface area contributed by atoms with Gasteiger partial charge in [0.15, 0.2) is 5.82 Å². The second-order valence-electron chi connectivity index (χ2n) is 5.43. The van der Waals surface area contributed by atoms with Crippen LogP contribution in [0.5, 0.6) is 0 Å². The van der Waals surface area contributed by atoms with Crippen LogP contribution in [0.1, 0.15) is 45.9 Å². The minimum absolute atomic E-state index is 0.147. The molecule has 1 unspecified atom stereocenters. The highest BCUT2D eigenvalue weighted by atomic mass is 16.5. The van der Waals surface area contributed by atoms with Gasteiger partial charge in [0.1, 0.15) is 18.2 Å². The third-order valence-electron chi connectivity index (χ3n) is 3.48. The Hall–Kier alpha value is -1.40. The van der Waals surface area contributed by atoms with E-state index in [1.807, 2.05) is 6.07 Å². The fourth-order valence-corrected chi connectivity index (χ4v) is 1.98. The summed E-state index contributed by atoms with van der Waals surface area (Å²) in [7, 11) is 1.63. The molecule has 1 heterocycles. The first-order chi connectivity index (χ1) is 10.1. The Morgan fingerprint density at radius 1 is 1.29 bits per heavy atom. The van der Waals surface area contributed by atoms with E-state index in [4.69, 9.17) is 4.74 Å². The molecule has 0 saturated heterocycles. The zero-order chi connectivity index (χ0) is 15.7. The molecule has 0 aliphatic carbocycles. The zero-order valence-electron chi connectivity index (χ0n) is 13.6. The van der Waals surface area contributed by atoms with Crippen molar-refractivity contribution in [1.82, 2.24) is 9.97 Å². The van der Waals surface area contributed by atoms with Gasteiger partial charge >= 0.3 is 0 Å². The van der Waals surface area contributed by atoms with Crippen molar-refractivity contribution < 1.29 is 9.84 Å². The van der Waals surface area contributed by atoms with Gasteiger partial charge in [-0.05, 0) is 26.2 Å². The number of aliphatic hydroxyl groups excluding tert-OH is 1. The molecule has 0 radical (unpaired) electrons. The molecule has 3 N–H and O–H groups in total. The smallest absolute Gasteiger partial charge is 0.158 e. The predicted molar refractivity (Wildman–Crippen MR) is 85.5 cm³/mol. The Balaban J connectivity index is 2.95. The van der Waals surface area contributed by atoms with Crippen molar-refractivity contribution in [2.75, 3.05) is 30.9 Å². The van der Waals surface area contributed by atoms with Gasteiger partial charge in [-0.15, -0.1) is 0 Å². The lowest BCUT2D eigenvalue weighted by Crippen LogP contribution is -2.35. The minimum atomic E-state index is -0.185. The summed E-state index contributed by atoms with van der Waals surface area (Å²) in [4.78, 5) is 8.90. The van der Waals surface area contributed by atoms with Crippen molar-refractivity contribution in [1.29, 1.82) is 0 Å². The maximum absolute atomic E-state index is 9.22. The SMILES string of the molecule is CCCNc1cc(NC(C)(CC)CCO)nc(COC)n1. The lowest BCUT2D eigenvalue weighted by molar-refractivity contribution is 0.178. The average Bonchev–Trinajstić information content (AvgIpc) is 2.45. The van der Waals surface area contributed by atoms with Gasteiger partial charge in [0.05, 0.1) is 0 Å². The van der Waals surface area contributed by atoms with Crippen LogP contribution in [0.3, 0.4) is 0 Å². The monoisotopic (exact) mass is 296 g/mol. The fraction of sp³-hybridized carbons (Fsp3) is 0.733. The summed E-state index contributed by atoms with van der Waals surface area (Å²) >= 11 is 0. The summed E-state index contributed by atoms with van der Waals surface area (Å²) in [6.45, 7) is 7.67. The molecule has 0 fully saturated rings. The number of hydrogen-bond donors (Lipinski definition) is 3. The largest absolute Gasteiger partial charge is 0.396 e. The maximum atomic E-state index is 9.22. The van der Waals surface area contributed by atoms with Gasteiger partial charge in [-0.1, -0.05) is 13.8 Å². The molecule has 0 saturated carbocycles. The molecule has 0 spiro atoms. The second kappa shape index (κ2) is 8.79. The van der Waals surface area contributed by atoms with Gasteiger partial charge in [0, 0.05) is 31.9 Å². The highest BCUT2D eigenvalue weighted by Crippen LogP contribution is 2.22. The lowest BCUT2D eigenvalue weighted by Gasteiger charge is -2.29. The van der Waals surface area contributed by atoms with Crippen molar-refractivity contribution in [2.45, 2.75) is 52.2 Å². The topological polar surface area (TPSA) is 79.3 Å². The Morgan fingerprint density at radius 3 is 2.57 bits per heavy atom. The summed E-state index contributed by atoms with van der Waals surface area (Å²) in [5, 5.41) is 15.9. The van der Waals surface area contributed by atoms with Crippen LogP contribution in [0, 0.1) is 0 Å². The van der Waals surface area contributed by atoms with Crippen LogP contribution in [0.4, 0.5) is 11.6 Å².